The zero-order valence-corrected chi connectivity index (χ0v) is 20.1. The molecule has 7 rings (SSSR count). The van der Waals surface area contributed by atoms with Crippen molar-refractivity contribution in [2.24, 2.45) is 5.41 Å². The van der Waals surface area contributed by atoms with Gasteiger partial charge in [0, 0.05) is 22.6 Å². The van der Waals surface area contributed by atoms with E-state index in [1.54, 1.807) is 19.1 Å². The van der Waals surface area contributed by atoms with Gasteiger partial charge in [0.1, 0.15) is 28.9 Å². The Morgan fingerprint density at radius 1 is 0.868 bits per heavy atom. The van der Waals surface area contributed by atoms with Crippen molar-refractivity contribution in [3.05, 3.63) is 98.6 Å². The van der Waals surface area contributed by atoms with Crippen LogP contribution in [0.2, 0.25) is 0 Å². The third kappa shape index (κ3) is 2.54. The lowest BCUT2D eigenvalue weighted by Crippen LogP contribution is -2.42. The number of carbonyl (C=O) groups is 4. The summed E-state index contributed by atoms with van der Waals surface area (Å²) in [6.07, 6.45) is 2.47. The minimum atomic E-state index is -1.35. The first-order chi connectivity index (χ1) is 18.1. The van der Waals surface area contributed by atoms with Crippen molar-refractivity contribution in [2.75, 3.05) is 0 Å². The maximum atomic E-state index is 13.8. The molecule has 38 heavy (non-hydrogen) atoms. The number of hydrogen-bond donors (Lipinski definition) is 3. The van der Waals surface area contributed by atoms with Crippen LogP contribution in [0.4, 0.5) is 0 Å². The summed E-state index contributed by atoms with van der Waals surface area (Å²) in [5.74, 6) is -3.92. The summed E-state index contributed by atoms with van der Waals surface area (Å²) < 4.78 is 5.81. The number of phenolic OH excluding ortho intramolecular Hbond substituents is 3. The van der Waals surface area contributed by atoms with Crippen molar-refractivity contribution in [2.45, 2.75) is 31.8 Å². The molecule has 8 nitrogen and oxygen atoms in total. The number of aryl methyl sites for hydroxylation is 1. The summed E-state index contributed by atoms with van der Waals surface area (Å²) in [6, 6.07) is 8.78. The second kappa shape index (κ2) is 7.19. The van der Waals surface area contributed by atoms with Gasteiger partial charge in [0.15, 0.2) is 11.6 Å². The molecule has 3 unspecified atom stereocenters. The first-order valence-electron chi connectivity index (χ1n) is 12.2. The van der Waals surface area contributed by atoms with E-state index >= 15 is 0 Å². The standard InChI is InChI=1S/C30H20O8/c1-12-8-15-23(18(32)9-12)29(37)38-28(15)30-11-13-10-19(33)24-25(21(13)16(30)5-3-7-20(30)34)26(35)14-4-2-6-17(31)22(14)27(24)36/h2-4,6-10,16,28,31-33H,5,11H2,1H3. The number of rotatable bonds is 1. The molecule has 8 heteroatoms. The molecular weight excluding hydrogens is 488 g/mol. The van der Waals surface area contributed by atoms with Crippen molar-refractivity contribution >= 4 is 23.3 Å². The Morgan fingerprint density at radius 3 is 2.42 bits per heavy atom. The number of aromatic hydroxyl groups is 3. The Hall–Kier alpha value is -4.72. The molecule has 0 aromatic heterocycles. The van der Waals surface area contributed by atoms with Crippen molar-refractivity contribution in [3.63, 3.8) is 0 Å². The third-order valence-electron chi connectivity index (χ3n) is 8.43. The number of esters is 1. The minimum absolute atomic E-state index is 0.00701. The summed E-state index contributed by atoms with van der Waals surface area (Å²) in [6.45, 7) is 1.76. The SMILES string of the molecule is Cc1cc(O)c2c(c1)C(C13Cc4cc(O)c5c(c4C1CC=CC3=O)C(=O)c1cccc(O)c1C5=O)OC2=O. The smallest absolute Gasteiger partial charge is 0.342 e. The van der Waals surface area contributed by atoms with Crippen LogP contribution < -0.4 is 0 Å². The van der Waals surface area contributed by atoms with Crippen molar-refractivity contribution in [1.29, 1.82) is 0 Å². The topological polar surface area (TPSA) is 138 Å². The van der Waals surface area contributed by atoms with Gasteiger partial charge in [-0.05, 0) is 60.7 Å². The second-order valence-electron chi connectivity index (χ2n) is 10.4. The third-order valence-corrected chi connectivity index (χ3v) is 8.43. The highest BCUT2D eigenvalue weighted by atomic mass is 16.6. The average molecular weight is 508 g/mol. The number of cyclic esters (lactones) is 1. The Kier molecular flexibility index (Phi) is 4.25. The maximum Gasteiger partial charge on any atom is 0.342 e. The zero-order valence-electron chi connectivity index (χ0n) is 20.1. The summed E-state index contributed by atoms with van der Waals surface area (Å²) in [7, 11) is 0. The number of allylic oxidation sites excluding steroid dienone is 2. The van der Waals surface area contributed by atoms with E-state index < -0.39 is 40.7 Å². The van der Waals surface area contributed by atoms with E-state index in [4.69, 9.17) is 4.74 Å². The van der Waals surface area contributed by atoms with Gasteiger partial charge in [0.05, 0.1) is 16.5 Å². The number of phenols is 3. The Balaban J connectivity index is 1.49. The molecular formula is C30H20O8. The molecule has 4 aliphatic rings. The number of hydrogen-bond acceptors (Lipinski definition) is 8. The molecule has 0 spiro atoms. The number of carbonyl (C=O) groups excluding carboxylic acids is 4. The van der Waals surface area contributed by atoms with Gasteiger partial charge in [-0.1, -0.05) is 24.3 Å². The van der Waals surface area contributed by atoms with Gasteiger partial charge < -0.3 is 20.1 Å². The summed E-state index contributed by atoms with van der Waals surface area (Å²) in [5.41, 5.74) is 0.349. The molecule has 0 radical (unpaired) electrons. The van der Waals surface area contributed by atoms with E-state index in [9.17, 15) is 34.5 Å². The van der Waals surface area contributed by atoms with Crippen molar-refractivity contribution < 1.29 is 39.2 Å². The molecule has 3 N–H and O–H groups in total. The van der Waals surface area contributed by atoms with E-state index in [-0.39, 0.29) is 51.5 Å². The fourth-order valence-electron chi connectivity index (χ4n) is 6.97. The highest BCUT2D eigenvalue weighted by Gasteiger charge is 2.62. The van der Waals surface area contributed by atoms with E-state index in [1.165, 1.54) is 36.4 Å². The van der Waals surface area contributed by atoms with E-state index in [2.05, 4.69) is 0 Å². The summed E-state index contributed by atoms with van der Waals surface area (Å²) in [4.78, 5) is 54.0. The average Bonchev–Trinajstić information content (AvgIpc) is 3.37. The van der Waals surface area contributed by atoms with E-state index in [1.807, 2.05) is 0 Å². The number of ether oxygens (including phenoxy) is 1. The van der Waals surface area contributed by atoms with Gasteiger partial charge in [-0.25, -0.2) is 4.79 Å². The Morgan fingerprint density at radius 2 is 1.63 bits per heavy atom. The molecule has 3 atom stereocenters. The molecule has 0 bridgehead atoms. The van der Waals surface area contributed by atoms with Gasteiger partial charge in [-0.15, -0.1) is 0 Å². The predicted molar refractivity (Wildman–Crippen MR) is 132 cm³/mol. The Bertz CT molecular complexity index is 1730. The predicted octanol–water partition coefficient (Wildman–Crippen LogP) is 3.95. The van der Waals surface area contributed by atoms with Crippen LogP contribution in [0.25, 0.3) is 0 Å². The van der Waals surface area contributed by atoms with Gasteiger partial charge in [-0.2, -0.15) is 0 Å². The van der Waals surface area contributed by atoms with Crippen LogP contribution >= 0.6 is 0 Å². The largest absolute Gasteiger partial charge is 0.507 e. The molecule has 0 amide bonds. The molecule has 3 aromatic rings. The lowest BCUT2D eigenvalue weighted by Gasteiger charge is -2.40. The van der Waals surface area contributed by atoms with Crippen LogP contribution in [-0.2, 0) is 16.0 Å². The molecule has 1 heterocycles. The van der Waals surface area contributed by atoms with Gasteiger partial charge in [0.25, 0.3) is 0 Å². The minimum Gasteiger partial charge on any atom is -0.507 e. The fraction of sp³-hybridized carbons (Fsp3) is 0.200. The number of ketones is 3. The molecule has 0 fully saturated rings. The van der Waals surface area contributed by atoms with E-state index in [0.717, 1.165) is 0 Å². The van der Waals surface area contributed by atoms with Gasteiger partial charge in [0.2, 0.25) is 5.78 Å². The first kappa shape index (κ1) is 22.5. The molecule has 188 valence electrons. The van der Waals surface area contributed by atoms with Crippen LogP contribution in [-0.4, -0.2) is 38.6 Å². The van der Waals surface area contributed by atoms with Gasteiger partial charge >= 0.3 is 5.97 Å². The lowest BCUT2D eigenvalue weighted by molar-refractivity contribution is -0.133. The Labute approximate surface area is 215 Å². The van der Waals surface area contributed by atoms with E-state index in [0.29, 0.717) is 28.7 Å². The maximum absolute atomic E-state index is 13.8. The molecule has 3 aliphatic carbocycles. The highest BCUT2D eigenvalue weighted by Crippen LogP contribution is 2.63. The zero-order chi connectivity index (χ0) is 26.7. The highest BCUT2D eigenvalue weighted by molar-refractivity contribution is 6.31. The van der Waals surface area contributed by atoms with Crippen molar-refractivity contribution in [3.8, 4) is 17.2 Å². The monoisotopic (exact) mass is 508 g/mol. The fourth-order valence-corrected chi connectivity index (χ4v) is 6.97. The van der Waals surface area contributed by atoms with Crippen LogP contribution in [0.5, 0.6) is 17.2 Å². The summed E-state index contributed by atoms with van der Waals surface area (Å²) >= 11 is 0. The van der Waals surface area contributed by atoms with Gasteiger partial charge in [-0.3, -0.25) is 14.4 Å². The molecule has 1 aliphatic heterocycles. The number of benzene rings is 3. The van der Waals surface area contributed by atoms with Crippen LogP contribution in [0, 0.1) is 12.3 Å². The second-order valence-corrected chi connectivity index (χ2v) is 10.4. The van der Waals surface area contributed by atoms with Crippen LogP contribution in [0.15, 0.2) is 48.6 Å². The molecule has 3 aromatic carbocycles. The molecule has 0 saturated carbocycles. The molecule has 0 saturated heterocycles. The van der Waals surface area contributed by atoms with Crippen LogP contribution in [0.3, 0.4) is 0 Å². The summed E-state index contributed by atoms with van der Waals surface area (Å²) in [5, 5.41) is 31.8. The quantitative estimate of drug-likeness (QED) is 0.329. The lowest BCUT2D eigenvalue weighted by atomic mass is 9.62. The normalized spacial score (nSPS) is 24.4. The number of fused-ring (bicyclic) bond motifs is 7. The van der Waals surface area contributed by atoms with Crippen molar-refractivity contribution in [1.82, 2.24) is 0 Å². The van der Waals surface area contributed by atoms with Crippen LogP contribution in [0.1, 0.15) is 82.9 Å². The first-order valence-corrected chi connectivity index (χ1v) is 12.2.